The van der Waals surface area contributed by atoms with Crippen LogP contribution in [0.1, 0.15) is 34.8 Å². The summed E-state index contributed by atoms with van der Waals surface area (Å²) in [5.41, 5.74) is 1.11. The predicted molar refractivity (Wildman–Crippen MR) is 106 cm³/mol. The smallest absolute Gasteiger partial charge is 0.350 e. The van der Waals surface area contributed by atoms with Gasteiger partial charge in [-0.15, -0.1) is 0 Å². The molecule has 30 heavy (non-hydrogen) atoms. The molecule has 1 unspecified atom stereocenters. The molecule has 0 fully saturated rings. The second-order valence-corrected chi connectivity index (χ2v) is 7.36. The molecule has 0 aliphatic carbocycles. The van der Waals surface area contributed by atoms with Crippen LogP contribution in [0.4, 0.5) is 18.9 Å². The largest absolute Gasteiger partial charge is 0.416 e. The number of hydrogen-bond donors (Lipinski definition) is 0. The number of halogens is 3. The Morgan fingerprint density at radius 1 is 1.03 bits per heavy atom. The average molecular weight is 415 g/mol. The zero-order valence-electron chi connectivity index (χ0n) is 16.0. The highest BCUT2D eigenvalue weighted by atomic mass is 19.4. The predicted octanol–water partition coefficient (Wildman–Crippen LogP) is 5.41. The van der Waals surface area contributed by atoms with Crippen molar-refractivity contribution in [1.29, 1.82) is 0 Å². The second-order valence-electron chi connectivity index (χ2n) is 7.36. The molecule has 0 amide bonds. The van der Waals surface area contributed by atoms with Crippen LogP contribution in [-0.4, -0.2) is 20.9 Å². The molecule has 0 saturated carbocycles. The lowest BCUT2D eigenvalue weighted by Gasteiger charge is -2.31. The van der Waals surface area contributed by atoms with Gasteiger partial charge in [-0.25, -0.2) is 0 Å². The lowest BCUT2D eigenvalue weighted by molar-refractivity contribution is -0.384. The number of nitrogens with zero attached hydrogens (tertiary/aromatic N) is 3. The fourth-order valence-electron chi connectivity index (χ4n) is 4.15. The molecular formula is C22H20F3N3O2. The average Bonchev–Trinajstić information content (AvgIpc) is 3.09. The lowest BCUT2D eigenvalue weighted by Crippen LogP contribution is -2.30. The molecule has 0 spiro atoms. The molecule has 1 aromatic heterocycles. The number of nitro benzene ring substituents is 1. The molecule has 1 aliphatic heterocycles. The molecule has 2 aromatic carbocycles. The minimum Gasteiger partial charge on any atom is -0.350 e. The van der Waals surface area contributed by atoms with Crippen LogP contribution in [0.5, 0.6) is 0 Å². The number of rotatable bonds is 4. The van der Waals surface area contributed by atoms with E-state index >= 15 is 0 Å². The third-order valence-corrected chi connectivity index (χ3v) is 5.45. The van der Waals surface area contributed by atoms with Crippen molar-refractivity contribution in [2.24, 2.45) is 0 Å². The van der Waals surface area contributed by atoms with Crippen molar-refractivity contribution in [3.63, 3.8) is 0 Å². The Labute approximate surface area is 171 Å². The van der Waals surface area contributed by atoms with Crippen LogP contribution in [0, 0.1) is 10.1 Å². The molecule has 156 valence electrons. The summed E-state index contributed by atoms with van der Waals surface area (Å²) >= 11 is 0. The number of nitro groups is 1. The molecule has 1 aliphatic rings. The minimum absolute atomic E-state index is 0.0366. The maximum absolute atomic E-state index is 13.5. The van der Waals surface area contributed by atoms with Crippen LogP contribution in [0.15, 0.2) is 66.9 Å². The molecule has 1 atom stereocenters. The summed E-state index contributed by atoms with van der Waals surface area (Å²) in [6.07, 6.45) is -1.74. The second kappa shape index (κ2) is 7.95. The molecule has 8 heteroatoms. The van der Waals surface area contributed by atoms with E-state index in [4.69, 9.17) is 0 Å². The van der Waals surface area contributed by atoms with Gasteiger partial charge in [0.25, 0.3) is 5.69 Å². The Hall–Kier alpha value is -3.13. The molecule has 4 rings (SSSR count). The first kappa shape index (κ1) is 20.2. The summed E-state index contributed by atoms with van der Waals surface area (Å²) < 4.78 is 42.7. The Kier molecular flexibility index (Phi) is 5.34. The Bertz CT molecular complexity index is 1060. The highest BCUT2D eigenvalue weighted by Crippen LogP contribution is 2.37. The van der Waals surface area contributed by atoms with Crippen LogP contribution in [0.2, 0.25) is 0 Å². The van der Waals surface area contributed by atoms with E-state index in [-0.39, 0.29) is 23.8 Å². The number of non-ortho nitro benzene ring substituents is 1. The number of fused-ring (bicyclic) bond motifs is 1. The van der Waals surface area contributed by atoms with Crippen LogP contribution < -0.4 is 0 Å². The molecule has 0 saturated heterocycles. The SMILES string of the molecule is O=[N+]([O-])c1cccc(C2c3cccn3CCCN2Cc2ccccc2C(F)(F)F)c1. The van der Waals surface area contributed by atoms with E-state index in [1.165, 1.54) is 24.3 Å². The quantitative estimate of drug-likeness (QED) is 0.423. The van der Waals surface area contributed by atoms with Crippen LogP contribution in [-0.2, 0) is 19.3 Å². The maximum atomic E-state index is 13.5. The highest BCUT2D eigenvalue weighted by molar-refractivity contribution is 5.40. The van der Waals surface area contributed by atoms with E-state index < -0.39 is 16.7 Å². The van der Waals surface area contributed by atoms with Crippen molar-refractivity contribution >= 4 is 5.69 Å². The van der Waals surface area contributed by atoms with Crippen molar-refractivity contribution in [1.82, 2.24) is 9.47 Å². The van der Waals surface area contributed by atoms with Gasteiger partial charge in [0, 0.05) is 43.7 Å². The third kappa shape index (κ3) is 3.95. The van der Waals surface area contributed by atoms with Gasteiger partial charge >= 0.3 is 6.18 Å². The monoisotopic (exact) mass is 415 g/mol. The van der Waals surface area contributed by atoms with Gasteiger partial charge in [0.05, 0.1) is 16.5 Å². The standard InChI is InChI=1S/C22H20F3N3O2/c23-22(24,25)19-9-2-1-6-17(19)15-27-13-5-12-26-11-4-10-20(26)21(27)16-7-3-8-18(14-16)28(29)30/h1-4,6-11,14,21H,5,12-13,15H2. The third-order valence-electron chi connectivity index (χ3n) is 5.45. The normalized spacial score (nSPS) is 17.4. The molecule has 0 N–H and O–H groups in total. The van der Waals surface area contributed by atoms with Crippen molar-refractivity contribution in [3.8, 4) is 0 Å². The van der Waals surface area contributed by atoms with Crippen molar-refractivity contribution in [3.05, 3.63) is 99.4 Å². The summed E-state index contributed by atoms with van der Waals surface area (Å²) in [7, 11) is 0. The van der Waals surface area contributed by atoms with E-state index in [2.05, 4.69) is 4.57 Å². The van der Waals surface area contributed by atoms with Gasteiger partial charge < -0.3 is 4.57 Å². The van der Waals surface area contributed by atoms with Crippen LogP contribution >= 0.6 is 0 Å². The van der Waals surface area contributed by atoms with Gasteiger partial charge in [0.2, 0.25) is 0 Å². The first-order valence-electron chi connectivity index (χ1n) is 9.63. The number of hydrogen-bond acceptors (Lipinski definition) is 3. The minimum atomic E-state index is -4.44. The van der Waals surface area contributed by atoms with Gasteiger partial charge in [-0.3, -0.25) is 15.0 Å². The van der Waals surface area contributed by atoms with E-state index in [0.29, 0.717) is 12.1 Å². The van der Waals surface area contributed by atoms with E-state index in [1.54, 1.807) is 18.2 Å². The first-order chi connectivity index (χ1) is 14.3. The molecule has 0 bridgehead atoms. The van der Waals surface area contributed by atoms with Gasteiger partial charge in [0.15, 0.2) is 0 Å². The van der Waals surface area contributed by atoms with Crippen molar-refractivity contribution in [2.45, 2.75) is 31.7 Å². The Morgan fingerprint density at radius 3 is 2.60 bits per heavy atom. The Morgan fingerprint density at radius 2 is 1.83 bits per heavy atom. The van der Waals surface area contributed by atoms with E-state index in [1.807, 2.05) is 23.2 Å². The van der Waals surface area contributed by atoms with Crippen molar-refractivity contribution in [2.75, 3.05) is 6.54 Å². The van der Waals surface area contributed by atoms with Crippen LogP contribution in [0.3, 0.4) is 0 Å². The summed E-state index contributed by atoms with van der Waals surface area (Å²) in [4.78, 5) is 12.8. The van der Waals surface area contributed by atoms with Crippen LogP contribution in [0.25, 0.3) is 0 Å². The summed E-state index contributed by atoms with van der Waals surface area (Å²) in [5.74, 6) is 0. The van der Waals surface area contributed by atoms with Gasteiger partial charge in [0.1, 0.15) is 0 Å². The lowest BCUT2D eigenvalue weighted by atomic mass is 9.99. The topological polar surface area (TPSA) is 51.3 Å². The molecule has 5 nitrogen and oxygen atoms in total. The first-order valence-corrected chi connectivity index (χ1v) is 9.63. The summed E-state index contributed by atoms with van der Waals surface area (Å²) in [6.45, 7) is 1.40. The van der Waals surface area contributed by atoms with E-state index in [0.717, 1.165) is 24.7 Å². The number of benzene rings is 2. The molecule has 2 heterocycles. The van der Waals surface area contributed by atoms with Gasteiger partial charge in [-0.2, -0.15) is 13.2 Å². The zero-order valence-corrected chi connectivity index (χ0v) is 16.0. The zero-order chi connectivity index (χ0) is 21.3. The highest BCUT2D eigenvalue weighted by Gasteiger charge is 2.35. The Balaban J connectivity index is 1.79. The number of aromatic nitrogens is 1. The fraction of sp³-hybridized carbons (Fsp3) is 0.273. The van der Waals surface area contributed by atoms with E-state index in [9.17, 15) is 23.3 Å². The molecule has 3 aromatic rings. The maximum Gasteiger partial charge on any atom is 0.416 e. The molecule has 0 radical (unpaired) electrons. The van der Waals surface area contributed by atoms with Gasteiger partial charge in [-0.05, 0) is 35.7 Å². The number of alkyl halides is 3. The summed E-state index contributed by atoms with van der Waals surface area (Å²) in [6, 6.07) is 15.4. The number of aryl methyl sites for hydroxylation is 1. The van der Waals surface area contributed by atoms with Crippen molar-refractivity contribution < 1.29 is 18.1 Å². The van der Waals surface area contributed by atoms with Gasteiger partial charge in [-0.1, -0.05) is 30.3 Å². The molecular weight excluding hydrogens is 395 g/mol. The summed E-state index contributed by atoms with van der Waals surface area (Å²) in [5, 5.41) is 11.3. The fourth-order valence-corrected chi connectivity index (χ4v) is 4.15.